The maximum atomic E-state index is 12.2. The van der Waals surface area contributed by atoms with Crippen molar-refractivity contribution in [2.24, 2.45) is 0 Å². The lowest BCUT2D eigenvalue weighted by Crippen LogP contribution is -2.48. The quantitative estimate of drug-likeness (QED) is 0.776. The minimum Gasteiger partial charge on any atom is -0.354 e. The maximum Gasteiger partial charge on any atom is 0.233 e. The van der Waals surface area contributed by atoms with E-state index in [4.69, 9.17) is 0 Å². The zero-order chi connectivity index (χ0) is 17.7. The van der Waals surface area contributed by atoms with E-state index < -0.39 is 0 Å². The zero-order valence-corrected chi connectivity index (χ0v) is 15.2. The lowest BCUT2D eigenvalue weighted by atomic mass is 9.64. The lowest BCUT2D eigenvalue weighted by molar-refractivity contribution is -0.120. The SMILES string of the molecule is Cc1cnn(C[C@@H](C)NCC(=O)NCC2(c3ccccc3)CCC2)c1. The fraction of sp³-hybridized carbons (Fsp3) is 0.500. The summed E-state index contributed by atoms with van der Waals surface area (Å²) in [5, 5.41) is 10.7. The summed E-state index contributed by atoms with van der Waals surface area (Å²) in [6, 6.07) is 10.8. The second kappa shape index (κ2) is 7.83. The fourth-order valence-electron chi connectivity index (χ4n) is 3.47. The molecule has 1 fully saturated rings. The number of carbonyl (C=O) groups excluding carboxylic acids is 1. The number of hydrogen-bond donors (Lipinski definition) is 2. The third-order valence-electron chi connectivity index (χ3n) is 5.16. The Bertz CT molecular complexity index is 691. The molecule has 1 aromatic carbocycles. The summed E-state index contributed by atoms with van der Waals surface area (Å²) in [4.78, 5) is 12.2. The van der Waals surface area contributed by atoms with E-state index in [0.717, 1.165) is 31.5 Å². The highest BCUT2D eigenvalue weighted by Gasteiger charge is 2.38. The van der Waals surface area contributed by atoms with Gasteiger partial charge in [0.2, 0.25) is 5.91 Å². The molecule has 1 aliphatic rings. The summed E-state index contributed by atoms with van der Waals surface area (Å²) in [6.07, 6.45) is 7.41. The predicted molar refractivity (Wildman–Crippen MR) is 99.4 cm³/mol. The van der Waals surface area contributed by atoms with Gasteiger partial charge >= 0.3 is 0 Å². The second-order valence-corrected chi connectivity index (χ2v) is 7.30. The molecule has 0 spiro atoms. The highest BCUT2D eigenvalue weighted by molar-refractivity contribution is 5.78. The largest absolute Gasteiger partial charge is 0.354 e. The topological polar surface area (TPSA) is 59.0 Å². The molecule has 134 valence electrons. The molecule has 5 heteroatoms. The highest BCUT2D eigenvalue weighted by atomic mass is 16.1. The first kappa shape index (κ1) is 17.7. The molecule has 0 saturated heterocycles. The van der Waals surface area contributed by atoms with Crippen LogP contribution in [0.4, 0.5) is 0 Å². The molecule has 1 aliphatic carbocycles. The second-order valence-electron chi connectivity index (χ2n) is 7.30. The number of carbonyl (C=O) groups is 1. The van der Waals surface area contributed by atoms with Crippen LogP contribution in [0.15, 0.2) is 42.7 Å². The van der Waals surface area contributed by atoms with Crippen molar-refractivity contribution in [3.05, 3.63) is 53.9 Å². The Hall–Kier alpha value is -2.14. The van der Waals surface area contributed by atoms with Gasteiger partial charge in [0.25, 0.3) is 0 Å². The van der Waals surface area contributed by atoms with Gasteiger partial charge in [-0.15, -0.1) is 0 Å². The van der Waals surface area contributed by atoms with Gasteiger partial charge < -0.3 is 10.6 Å². The van der Waals surface area contributed by atoms with Crippen LogP contribution in [-0.2, 0) is 16.8 Å². The van der Waals surface area contributed by atoms with Crippen molar-refractivity contribution in [3.8, 4) is 0 Å². The monoisotopic (exact) mass is 340 g/mol. The van der Waals surface area contributed by atoms with Gasteiger partial charge in [0.15, 0.2) is 0 Å². The van der Waals surface area contributed by atoms with Crippen LogP contribution in [-0.4, -0.2) is 34.8 Å². The number of amides is 1. The van der Waals surface area contributed by atoms with E-state index in [1.165, 1.54) is 12.0 Å². The third-order valence-corrected chi connectivity index (χ3v) is 5.16. The number of aryl methyl sites for hydroxylation is 1. The fourth-order valence-corrected chi connectivity index (χ4v) is 3.47. The molecule has 1 heterocycles. The van der Waals surface area contributed by atoms with Crippen molar-refractivity contribution in [2.75, 3.05) is 13.1 Å². The molecule has 1 amide bonds. The van der Waals surface area contributed by atoms with Gasteiger partial charge in [0, 0.05) is 24.2 Å². The predicted octanol–water partition coefficient (Wildman–Crippen LogP) is 2.41. The van der Waals surface area contributed by atoms with Crippen molar-refractivity contribution >= 4 is 5.91 Å². The van der Waals surface area contributed by atoms with Crippen LogP contribution in [0.1, 0.15) is 37.3 Å². The average Bonchev–Trinajstić information content (AvgIpc) is 2.98. The van der Waals surface area contributed by atoms with Crippen LogP contribution in [0, 0.1) is 6.92 Å². The van der Waals surface area contributed by atoms with Gasteiger partial charge in [-0.05, 0) is 37.8 Å². The molecule has 0 unspecified atom stereocenters. The van der Waals surface area contributed by atoms with Gasteiger partial charge in [-0.3, -0.25) is 9.48 Å². The molecule has 2 aromatic rings. The molecule has 1 saturated carbocycles. The Morgan fingerprint density at radius 1 is 1.32 bits per heavy atom. The summed E-state index contributed by atoms with van der Waals surface area (Å²) >= 11 is 0. The summed E-state index contributed by atoms with van der Waals surface area (Å²) in [6.45, 7) is 5.92. The average molecular weight is 340 g/mol. The van der Waals surface area contributed by atoms with Gasteiger partial charge in [-0.25, -0.2) is 0 Å². The smallest absolute Gasteiger partial charge is 0.233 e. The molecular formula is C20H28N4O. The van der Waals surface area contributed by atoms with Crippen molar-refractivity contribution in [2.45, 2.75) is 51.1 Å². The third kappa shape index (κ3) is 4.48. The standard InChI is InChI=1S/C20H28N4O/c1-16-11-23-24(13-16)14-17(2)21-12-19(25)22-15-20(9-6-10-20)18-7-4-3-5-8-18/h3-5,7-8,11,13,17,21H,6,9-10,12,14-15H2,1-2H3,(H,22,25)/t17-/m1/s1. The zero-order valence-electron chi connectivity index (χ0n) is 15.2. The van der Waals surface area contributed by atoms with Crippen LogP contribution in [0.2, 0.25) is 0 Å². The molecule has 5 nitrogen and oxygen atoms in total. The number of nitrogens with one attached hydrogen (secondary N) is 2. The first-order valence-electron chi connectivity index (χ1n) is 9.12. The van der Waals surface area contributed by atoms with Crippen LogP contribution >= 0.6 is 0 Å². The molecule has 3 rings (SSSR count). The van der Waals surface area contributed by atoms with E-state index in [-0.39, 0.29) is 17.4 Å². The van der Waals surface area contributed by atoms with E-state index in [9.17, 15) is 4.79 Å². The number of nitrogens with zero attached hydrogens (tertiary/aromatic N) is 2. The molecule has 0 radical (unpaired) electrons. The van der Waals surface area contributed by atoms with E-state index in [2.05, 4.69) is 46.9 Å². The summed E-state index contributed by atoms with van der Waals surface area (Å²) in [5.41, 5.74) is 2.63. The van der Waals surface area contributed by atoms with Crippen molar-refractivity contribution in [1.29, 1.82) is 0 Å². The molecule has 0 aliphatic heterocycles. The van der Waals surface area contributed by atoms with Crippen molar-refractivity contribution < 1.29 is 4.79 Å². The maximum absolute atomic E-state index is 12.2. The minimum absolute atomic E-state index is 0.0608. The van der Waals surface area contributed by atoms with Gasteiger partial charge in [-0.1, -0.05) is 36.8 Å². The number of hydrogen-bond acceptors (Lipinski definition) is 3. The molecule has 1 aromatic heterocycles. The van der Waals surface area contributed by atoms with Crippen LogP contribution < -0.4 is 10.6 Å². The van der Waals surface area contributed by atoms with E-state index >= 15 is 0 Å². The van der Waals surface area contributed by atoms with Crippen molar-refractivity contribution in [1.82, 2.24) is 20.4 Å². The number of benzene rings is 1. The number of rotatable bonds is 8. The Labute approximate surface area is 149 Å². The van der Waals surface area contributed by atoms with Gasteiger partial charge in [-0.2, -0.15) is 5.10 Å². The Morgan fingerprint density at radius 2 is 2.08 bits per heavy atom. The van der Waals surface area contributed by atoms with Crippen LogP contribution in [0.25, 0.3) is 0 Å². The van der Waals surface area contributed by atoms with Gasteiger partial charge in [0.1, 0.15) is 0 Å². The summed E-state index contributed by atoms with van der Waals surface area (Å²) in [5.74, 6) is 0.0608. The van der Waals surface area contributed by atoms with Crippen LogP contribution in [0.3, 0.4) is 0 Å². The van der Waals surface area contributed by atoms with E-state index in [0.29, 0.717) is 6.54 Å². The molecule has 2 N–H and O–H groups in total. The van der Waals surface area contributed by atoms with Crippen LogP contribution in [0.5, 0.6) is 0 Å². The summed E-state index contributed by atoms with van der Waals surface area (Å²) < 4.78 is 1.91. The first-order valence-corrected chi connectivity index (χ1v) is 9.12. The Morgan fingerprint density at radius 3 is 2.68 bits per heavy atom. The molecular weight excluding hydrogens is 312 g/mol. The van der Waals surface area contributed by atoms with E-state index in [1.807, 2.05) is 30.1 Å². The van der Waals surface area contributed by atoms with Crippen molar-refractivity contribution in [3.63, 3.8) is 0 Å². The summed E-state index contributed by atoms with van der Waals surface area (Å²) in [7, 11) is 0. The molecule has 25 heavy (non-hydrogen) atoms. The molecule has 1 atom stereocenters. The lowest BCUT2D eigenvalue weighted by Gasteiger charge is -2.42. The Balaban J connectivity index is 1.43. The molecule has 0 bridgehead atoms. The Kier molecular flexibility index (Phi) is 5.53. The van der Waals surface area contributed by atoms with E-state index in [1.54, 1.807) is 0 Å². The first-order chi connectivity index (χ1) is 12.1. The number of aromatic nitrogens is 2. The van der Waals surface area contributed by atoms with Gasteiger partial charge in [0.05, 0.1) is 19.3 Å². The highest BCUT2D eigenvalue weighted by Crippen LogP contribution is 2.43. The normalized spacial score (nSPS) is 16.9. The minimum atomic E-state index is 0.0608.